The SMILES string of the molecule is CCCCn1c(C)c(-c2ccc(OC)cc2)c2ccccc21. The van der Waals surface area contributed by atoms with E-state index in [9.17, 15) is 0 Å². The summed E-state index contributed by atoms with van der Waals surface area (Å²) >= 11 is 0. The standard InChI is InChI=1S/C20H23NO/c1-4-5-14-21-15(2)20(18-8-6-7-9-19(18)21)16-10-12-17(22-3)13-11-16/h6-13H,4-5,14H2,1-3H3. The Kier molecular flexibility index (Phi) is 4.19. The Labute approximate surface area is 132 Å². The third-order valence-corrected chi connectivity index (χ3v) is 4.34. The second-order valence-electron chi connectivity index (χ2n) is 5.71. The first kappa shape index (κ1) is 14.7. The van der Waals surface area contributed by atoms with Crippen molar-refractivity contribution >= 4 is 10.9 Å². The molecule has 0 N–H and O–H groups in total. The molecule has 3 aromatic rings. The smallest absolute Gasteiger partial charge is 0.118 e. The Bertz CT molecular complexity index is 768. The molecule has 0 radical (unpaired) electrons. The van der Waals surface area contributed by atoms with Gasteiger partial charge in [-0.2, -0.15) is 0 Å². The van der Waals surface area contributed by atoms with E-state index < -0.39 is 0 Å². The zero-order valence-electron chi connectivity index (χ0n) is 13.6. The Balaban J connectivity index is 2.17. The summed E-state index contributed by atoms with van der Waals surface area (Å²) in [4.78, 5) is 0. The highest BCUT2D eigenvalue weighted by Crippen LogP contribution is 2.35. The van der Waals surface area contributed by atoms with Crippen molar-refractivity contribution in [3.8, 4) is 16.9 Å². The molecule has 1 aromatic heterocycles. The minimum atomic E-state index is 0.899. The van der Waals surface area contributed by atoms with Crippen molar-refractivity contribution in [2.24, 2.45) is 0 Å². The molecule has 1 heterocycles. The monoisotopic (exact) mass is 293 g/mol. The molecule has 0 spiro atoms. The number of aromatic nitrogens is 1. The predicted molar refractivity (Wildman–Crippen MR) is 93.6 cm³/mol. The summed E-state index contributed by atoms with van der Waals surface area (Å²) < 4.78 is 7.73. The number of ether oxygens (including phenoxy) is 1. The van der Waals surface area contributed by atoms with E-state index in [4.69, 9.17) is 4.74 Å². The van der Waals surface area contributed by atoms with Crippen LogP contribution in [0.3, 0.4) is 0 Å². The van der Waals surface area contributed by atoms with E-state index in [1.807, 2.05) is 12.1 Å². The second-order valence-corrected chi connectivity index (χ2v) is 5.71. The van der Waals surface area contributed by atoms with Gasteiger partial charge in [0.15, 0.2) is 0 Å². The van der Waals surface area contributed by atoms with Crippen LogP contribution in [0.15, 0.2) is 48.5 Å². The number of methoxy groups -OCH3 is 1. The normalized spacial score (nSPS) is 11.0. The maximum absolute atomic E-state index is 5.28. The van der Waals surface area contributed by atoms with Crippen molar-refractivity contribution in [3.63, 3.8) is 0 Å². The van der Waals surface area contributed by atoms with E-state index in [-0.39, 0.29) is 0 Å². The topological polar surface area (TPSA) is 14.2 Å². The zero-order chi connectivity index (χ0) is 15.5. The maximum atomic E-state index is 5.28. The van der Waals surface area contributed by atoms with Gasteiger partial charge in [-0.15, -0.1) is 0 Å². The lowest BCUT2D eigenvalue weighted by molar-refractivity contribution is 0.415. The van der Waals surface area contributed by atoms with Gasteiger partial charge in [0, 0.05) is 28.7 Å². The summed E-state index contributed by atoms with van der Waals surface area (Å²) in [6, 6.07) is 17.1. The van der Waals surface area contributed by atoms with Crippen LogP contribution in [0.5, 0.6) is 5.75 Å². The molecule has 0 atom stereocenters. The number of hydrogen-bond donors (Lipinski definition) is 0. The Morgan fingerprint density at radius 1 is 1.00 bits per heavy atom. The molecule has 22 heavy (non-hydrogen) atoms. The van der Waals surface area contributed by atoms with Gasteiger partial charge in [-0.3, -0.25) is 0 Å². The van der Waals surface area contributed by atoms with Crippen LogP contribution in [-0.2, 0) is 6.54 Å². The first-order valence-corrected chi connectivity index (χ1v) is 7.98. The van der Waals surface area contributed by atoms with E-state index in [1.54, 1.807) is 7.11 Å². The van der Waals surface area contributed by atoms with Crippen LogP contribution in [0.4, 0.5) is 0 Å². The molecule has 2 aromatic carbocycles. The Morgan fingerprint density at radius 2 is 1.73 bits per heavy atom. The molecular formula is C20H23NO. The van der Waals surface area contributed by atoms with Crippen LogP contribution >= 0.6 is 0 Å². The third kappa shape index (κ3) is 2.50. The molecule has 0 unspecified atom stereocenters. The van der Waals surface area contributed by atoms with Gasteiger partial charge in [0.1, 0.15) is 5.75 Å². The molecular weight excluding hydrogens is 270 g/mol. The molecule has 0 aliphatic carbocycles. The van der Waals surface area contributed by atoms with Crippen molar-refractivity contribution in [2.75, 3.05) is 7.11 Å². The number of unbranched alkanes of at least 4 members (excludes halogenated alkanes) is 1. The van der Waals surface area contributed by atoms with Crippen LogP contribution in [0.25, 0.3) is 22.0 Å². The lowest BCUT2D eigenvalue weighted by Crippen LogP contribution is -1.99. The van der Waals surface area contributed by atoms with Crippen LogP contribution in [-0.4, -0.2) is 11.7 Å². The van der Waals surface area contributed by atoms with E-state index in [1.165, 1.54) is 40.6 Å². The molecule has 2 nitrogen and oxygen atoms in total. The number of aryl methyl sites for hydroxylation is 1. The molecule has 114 valence electrons. The van der Waals surface area contributed by atoms with Crippen LogP contribution in [0.1, 0.15) is 25.5 Å². The molecule has 0 saturated carbocycles. The van der Waals surface area contributed by atoms with Crippen molar-refractivity contribution in [3.05, 3.63) is 54.2 Å². The molecule has 0 fully saturated rings. The zero-order valence-corrected chi connectivity index (χ0v) is 13.6. The fourth-order valence-corrected chi connectivity index (χ4v) is 3.16. The summed E-state index contributed by atoms with van der Waals surface area (Å²) in [5, 5.41) is 1.33. The molecule has 0 amide bonds. The van der Waals surface area contributed by atoms with E-state index in [2.05, 4.69) is 54.8 Å². The average molecular weight is 293 g/mol. The van der Waals surface area contributed by atoms with Gasteiger partial charge < -0.3 is 9.30 Å². The number of hydrogen-bond acceptors (Lipinski definition) is 1. The second kappa shape index (κ2) is 6.27. The first-order valence-electron chi connectivity index (χ1n) is 7.98. The lowest BCUT2D eigenvalue weighted by atomic mass is 10.0. The lowest BCUT2D eigenvalue weighted by Gasteiger charge is -2.08. The highest BCUT2D eigenvalue weighted by molar-refractivity contribution is 5.98. The number of fused-ring (bicyclic) bond motifs is 1. The quantitative estimate of drug-likeness (QED) is 0.612. The van der Waals surface area contributed by atoms with E-state index in [0.717, 1.165) is 12.3 Å². The van der Waals surface area contributed by atoms with E-state index >= 15 is 0 Å². The van der Waals surface area contributed by atoms with Crippen molar-refractivity contribution in [1.29, 1.82) is 0 Å². The molecule has 0 bridgehead atoms. The van der Waals surface area contributed by atoms with Crippen molar-refractivity contribution in [2.45, 2.75) is 33.2 Å². The fourth-order valence-electron chi connectivity index (χ4n) is 3.16. The minimum Gasteiger partial charge on any atom is -0.497 e. The van der Waals surface area contributed by atoms with Gasteiger partial charge in [0.25, 0.3) is 0 Å². The average Bonchev–Trinajstić information content (AvgIpc) is 2.85. The first-order chi connectivity index (χ1) is 10.8. The van der Waals surface area contributed by atoms with Crippen LogP contribution in [0.2, 0.25) is 0 Å². The third-order valence-electron chi connectivity index (χ3n) is 4.34. The van der Waals surface area contributed by atoms with Gasteiger partial charge >= 0.3 is 0 Å². The van der Waals surface area contributed by atoms with Crippen LogP contribution in [0, 0.1) is 6.92 Å². The molecule has 0 aliphatic heterocycles. The van der Waals surface area contributed by atoms with Gasteiger partial charge in [-0.05, 0) is 37.1 Å². The van der Waals surface area contributed by atoms with Gasteiger partial charge in [0.2, 0.25) is 0 Å². The molecule has 0 aliphatic rings. The highest BCUT2D eigenvalue weighted by atomic mass is 16.5. The minimum absolute atomic E-state index is 0.899. The van der Waals surface area contributed by atoms with Crippen LogP contribution < -0.4 is 4.74 Å². The van der Waals surface area contributed by atoms with Gasteiger partial charge in [0.05, 0.1) is 7.11 Å². The summed E-state index contributed by atoms with van der Waals surface area (Å²) in [6.07, 6.45) is 2.42. The molecule has 2 heteroatoms. The van der Waals surface area contributed by atoms with Gasteiger partial charge in [-0.25, -0.2) is 0 Å². The summed E-state index contributed by atoms with van der Waals surface area (Å²) in [5.41, 5.74) is 5.28. The number of rotatable bonds is 5. The largest absolute Gasteiger partial charge is 0.497 e. The Hall–Kier alpha value is -2.22. The number of nitrogens with zero attached hydrogens (tertiary/aromatic N) is 1. The van der Waals surface area contributed by atoms with Crippen molar-refractivity contribution in [1.82, 2.24) is 4.57 Å². The summed E-state index contributed by atoms with van der Waals surface area (Å²) in [7, 11) is 1.71. The number of benzene rings is 2. The summed E-state index contributed by atoms with van der Waals surface area (Å²) in [5.74, 6) is 0.899. The van der Waals surface area contributed by atoms with E-state index in [0.29, 0.717) is 0 Å². The molecule has 0 saturated heterocycles. The highest BCUT2D eigenvalue weighted by Gasteiger charge is 2.14. The molecule has 3 rings (SSSR count). The fraction of sp³-hybridized carbons (Fsp3) is 0.300. The predicted octanol–water partition coefficient (Wildman–Crippen LogP) is 5.43. The number of para-hydroxylation sites is 1. The Morgan fingerprint density at radius 3 is 2.41 bits per heavy atom. The van der Waals surface area contributed by atoms with Gasteiger partial charge in [-0.1, -0.05) is 43.7 Å². The maximum Gasteiger partial charge on any atom is 0.118 e. The summed E-state index contributed by atoms with van der Waals surface area (Å²) in [6.45, 7) is 5.56. The van der Waals surface area contributed by atoms with Crippen molar-refractivity contribution < 1.29 is 4.74 Å².